The van der Waals surface area contributed by atoms with Gasteiger partial charge in [0.05, 0.1) is 28.1 Å². The Morgan fingerprint density at radius 2 is 1.68 bits per heavy atom. The largest absolute Gasteiger partial charge is 0.460 e. The second-order valence-corrected chi connectivity index (χ2v) is 8.74. The Kier molecular flexibility index (Phi) is 9.16. The fraction of sp³-hybridized carbons (Fsp3) is 0.241. The van der Waals surface area contributed by atoms with E-state index in [4.69, 9.17) is 9.47 Å². The van der Waals surface area contributed by atoms with Crippen molar-refractivity contribution in [3.63, 3.8) is 0 Å². The Morgan fingerprint density at radius 1 is 1.00 bits per heavy atom. The van der Waals surface area contributed by atoms with E-state index >= 15 is 0 Å². The minimum Gasteiger partial charge on any atom is -0.460 e. The number of nitrogens with one attached hydrogen (secondary N) is 1. The van der Waals surface area contributed by atoms with Crippen LogP contribution in [0.1, 0.15) is 44.7 Å². The lowest BCUT2D eigenvalue weighted by molar-refractivity contribution is -0.384. The van der Waals surface area contributed by atoms with E-state index in [9.17, 15) is 19.7 Å². The molecule has 2 aromatic carbocycles. The standard InChI is InChI=1S/C29H30N2O6/c1-19(2)37-29(33)26-21(4)30-20(3)25(27(26)23-15-11-16-24(18-23)31(34)35)28(32)36-17-10-6-9-14-22-12-7-5-8-13-22/h5-16,18-19,27,30H,17H2,1-4H3/b10-6+,14-9+. The van der Waals surface area contributed by atoms with E-state index in [1.165, 1.54) is 18.2 Å². The fourth-order valence-corrected chi connectivity index (χ4v) is 4.03. The topological polar surface area (TPSA) is 108 Å². The molecule has 37 heavy (non-hydrogen) atoms. The normalized spacial score (nSPS) is 15.9. The van der Waals surface area contributed by atoms with Crippen LogP contribution in [0.15, 0.2) is 95.4 Å². The van der Waals surface area contributed by atoms with E-state index in [1.54, 1.807) is 45.9 Å². The summed E-state index contributed by atoms with van der Waals surface area (Å²) in [5.41, 5.74) is 2.70. The number of benzene rings is 2. The van der Waals surface area contributed by atoms with Crippen LogP contribution in [0.4, 0.5) is 5.69 Å². The molecule has 0 saturated carbocycles. The van der Waals surface area contributed by atoms with E-state index < -0.39 is 28.9 Å². The Balaban J connectivity index is 1.88. The number of hydrogen-bond acceptors (Lipinski definition) is 7. The van der Waals surface area contributed by atoms with E-state index in [2.05, 4.69) is 5.32 Å². The number of allylic oxidation sites excluding steroid dienone is 4. The van der Waals surface area contributed by atoms with Gasteiger partial charge in [0.2, 0.25) is 0 Å². The van der Waals surface area contributed by atoms with E-state index in [0.717, 1.165) is 5.56 Å². The van der Waals surface area contributed by atoms with Crippen molar-refractivity contribution in [3.05, 3.63) is 117 Å². The third-order valence-electron chi connectivity index (χ3n) is 5.60. The third-order valence-corrected chi connectivity index (χ3v) is 5.60. The molecule has 8 nitrogen and oxygen atoms in total. The van der Waals surface area contributed by atoms with Gasteiger partial charge in [0.1, 0.15) is 6.61 Å². The molecule has 1 atom stereocenters. The monoisotopic (exact) mass is 502 g/mol. The fourth-order valence-electron chi connectivity index (χ4n) is 4.03. The summed E-state index contributed by atoms with van der Waals surface area (Å²) in [6.45, 7) is 6.86. The predicted octanol–water partition coefficient (Wildman–Crippen LogP) is 5.59. The molecule has 0 saturated heterocycles. The lowest BCUT2D eigenvalue weighted by Crippen LogP contribution is -2.33. The van der Waals surface area contributed by atoms with Crippen LogP contribution in [-0.4, -0.2) is 29.6 Å². The molecule has 1 heterocycles. The number of carbonyl (C=O) groups excluding carboxylic acids is 2. The highest BCUT2D eigenvalue weighted by molar-refractivity contribution is 6.00. The number of non-ortho nitro benzene ring substituents is 1. The van der Waals surface area contributed by atoms with Crippen LogP contribution in [-0.2, 0) is 19.1 Å². The zero-order valence-corrected chi connectivity index (χ0v) is 21.3. The summed E-state index contributed by atoms with van der Waals surface area (Å²) in [4.78, 5) is 37.3. The van der Waals surface area contributed by atoms with Crippen molar-refractivity contribution < 1.29 is 24.0 Å². The lowest BCUT2D eigenvalue weighted by Gasteiger charge is -2.30. The number of ether oxygens (including phenoxy) is 2. The van der Waals surface area contributed by atoms with Gasteiger partial charge < -0.3 is 14.8 Å². The van der Waals surface area contributed by atoms with Gasteiger partial charge in [0, 0.05) is 23.5 Å². The molecule has 1 aliphatic rings. The Hall–Kier alpha value is -4.46. The molecular formula is C29H30N2O6. The highest BCUT2D eigenvalue weighted by Gasteiger charge is 2.38. The van der Waals surface area contributed by atoms with E-state index in [0.29, 0.717) is 17.0 Å². The first-order valence-corrected chi connectivity index (χ1v) is 11.9. The van der Waals surface area contributed by atoms with Gasteiger partial charge in [-0.2, -0.15) is 0 Å². The van der Waals surface area contributed by atoms with Crippen molar-refractivity contribution in [3.8, 4) is 0 Å². The minimum atomic E-state index is -0.901. The summed E-state index contributed by atoms with van der Waals surface area (Å²) in [5.74, 6) is -2.15. The van der Waals surface area contributed by atoms with Crippen LogP contribution in [0.5, 0.6) is 0 Å². The molecule has 192 valence electrons. The summed E-state index contributed by atoms with van der Waals surface area (Å²) < 4.78 is 11.0. The minimum absolute atomic E-state index is 0.00483. The zero-order chi connectivity index (χ0) is 26.9. The highest BCUT2D eigenvalue weighted by atomic mass is 16.6. The second kappa shape index (κ2) is 12.5. The number of nitrogens with zero attached hydrogens (tertiary/aromatic N) is 1. The van der Waals surface area contributed by atoms with Crippen molar-refractivity contribution in [2.24, 2.45) is 0 Å². The van der Waals surface area contributed by atoms with Crippen molar-refractivity contribution in [2.75, 3.05) is 6.61 Å². The first-order chi connectivity index (χ1) is 17.7. The van der Waals surface area contributed by atoms with Crippen molar-refractivity contribution in [1.29, 1.82) is 0 Å². The Bertz CT molecular complexity index is 1290. The number of rotatable bonds is 9. The molecule has 0 aromatic heterocycles. The molecule has 3 rings (SSSR count). The maximum atomic E-state index is 13.3. The molecular weight excluding hydrogens is 472 g/mol. The smallest absolute Gasteiger partial charge is 0.337 e. The van der Waals surface area contributed by atoms with E-state index in [-0.39, 0.29) is 23.4 Å². The van der Waals surface area contributed by atoms with Gasteiger partial charge in [-0.05, 0) is 44.9 Å². The van der Waals surface area contributed by atoms with Crippen LogP contribution >= 0.6 is 0 Å². The maximum absolute atomic E-state index is 13.3. The number of carbonyl (C=O) groups is 2. The van der Waals surface area contributed by atoms with Crippen LogP contribution in [0.2, 0.25) is 0 Å². The molecule has 1 unspecified atom stereocenters. The lowest BCUT2D eigenvalue weighted by atomic mass is 9.80. The summed E-state index contributed by atoms with van der Waals surface area (Å²) in [5, 5.41) is 14.5. The summed E-state index contributed by atoms with van der Waals surface area (Å²) >= 11 is 0. The molecule has 0 bridgehead atoms. The SMILES string of the molecule is CC1=C(C(=O)OC/C=C/C=C/c2ccccc2)C(c2cccc([N+](=O)[O-])c2)C(C(=O)OC(C)C)=C(C)N1. The summed E-state index contributed by atoms with van der Waals surface area (Å²) in [6.07, 6.45) is 6.84. The van der Waals surface area contributed by atoms with Crippen molar-refractivity contribution in [2.45, 2.75) is 39.7 Å². The number of nitro groups is 1. The number of nitro benzene ring substituents is 1. The van der Waals surface area contributed by atoms with Crippen LogP contribution in [0.25, 0.3) is 6.08 Å². The van der Waals surface area contributed by atoms with Gasteiger partial charge in [-0.25, -0.2) is 9.59 Å². The first-order valence-electron chi connectivity index (χ1n) is 11.9. The third kappa shape index (κ3) is 7.04. The van der Waals surface area contributed by atoms with E-state index in [1.807, 2.05) is 42.5 Å². The second-order valence-electron chi connectivity index (χ2n) is 8.74. The molecule has 0 fully saturated rings. The van der Waals surface area contributed by atoms with Gasteiger partial charge in [-0.3, -0.25) is 10.1 Å². The van der Waals surface area contributed by atoms with Crippen LogP contribution in [0, 0.1) is 10.1 Å². The van der Waals surface area contributed by atoms with Gasteiger partial charge in [0.25, 0.3) is 5.69 Å². The Labute approximate surface area is 216 Å². The van der Waals surface area contributed by atoms with Gasteiger partial charge in [-0.15, -0.1) is 0 Å². The Morgan fingerprint density at radius 3 is 2.32 bits per heavy atom. The number of dihydropyridines is 1. The predicted molar refractivity (Wildman–Crippen MR) is 141 cm³/mol. The maximum Gasteiger partial charge on any atom is 0.337 e. The van der Waals surface area contributed by atoms with Crippen molar-refractivity contribution >= 4 is 23.7 Å². The first kappa shape index (κ1) is 27.1. The zero-order valence-electron chi connectivity index (χ0n) is 21.3. The van der Waals surface area contributed by atoms with Crippen LogP contribution in [0.3, 0.4) is 0 Å². The van der Waals surface area contributed by atoms with Gasteiger partial charge in [0.15, 0.2) is 0 Å². The molecule has 1 N–H and O–H groups in total. The summed E-state index contributed by atoms with van der Waals surface area (Å²) in [6, 6.07) is 15.7. The summed E-state index contributed by atoms with van der Waals surface area (Å²) in [7, 11) is 0. The quantitative estimate of drug-likeness (QED) is 0.206. The molecule has 2 aromatic rings. The molecule has 0 aliphatic carbocycles. The highest BCUT2D eigenvalue weighted by Crippen LogP contribution is 2.40. The molecule has 0 amide bonds. The van der Waals surface area contributed by atoms with Gasteiger partial charge >= 0.3 is 11.9 Å². The average Bonchev–Trinajstić information content (AvgIpc) is 2.85. The molecule has 8 heteroatoms. The molecule has 1 aliphatic heterocycles. The number of esters is 2. The van der Waals surface area contributed by atoms with Crippen molar-refractivity contribution in [1.82, 2.24) is 5.32 Å². The van der Waals surface area contributed by atoms with Gasteiger partial charge in [-0.1, -0.05) is 60.7 Å². The average molecular weight is 503 g/mol. The molecule has 0 spiro atoms. The van der Waals surface area contributed by atoms with Crippen LogP contribution < -0.4 is 5.32 Å². The number of hydrogen-bond donors (Lipinski definition) is 1. The molecule has 0 radical (unpaired) electrons.